The molecular weight excluding hydrogens is 299 g/mol. The van der Waals surface area contributed by atoms with Crippen LogP contribution in [0.25, 0.3) is 0 Å². The average Bonchev–Trinajstić information content (AvgIpc) is 2.86. The molecular formula is C14H14ClFN2OS. The van der Waals surface area contributed by atoms with E-state index >= 15 is 0 Å². The maximum Gasteiger partial charge on any atom is 0.226 e. The lowest BCUT2D eigenvalue weighted by molar-refractivity contribution is -0.120. The number of hydrogen-bond acceptors (Lipinski definition) is 3. The molecule has 106 valence electrons. The molecule has 0 aliphatic heterocycles. The van der Waals surface area contributed by atoms with Crippen molar-refractivity contribution in [3.63, 3.8) is 0 Å². The van der Waals surface area contributed by atoms with Crippen LogP contribution in [0.2, 0.25) is 0 Å². The van der Waals surface area contributed by atoms with Gasteiger partial charge >= 0.3 is 0 Å². The second-order valence-corrected chi connectivity index (χ2v) is 5.48. The minimum absolute atomic E-state index is 0.0862. The third-order valence-corrected chi connectivity index (χ3v) is 3.84. The lowest BCUT2D eigenvalue weighted by Gasteiger charge is -2.04. The van der Waals surface area contributed by atoms with Crippen LogP contribution in [0.4, 0.5) is 4.39 Å². The predicted molar refractivity (Wildman–Crippen MR) is 78.5 cm³/mol. The fourth-order valence-electron chi connectivity index (χ4n) is 1.73. The average molecular weight is 313 g/mol. The summed E-state index contributed by atoms with van der Waals surface area (Å²) >= 11 is 7.08. The molecule has 1 amide bonds. The predicted octanol–water partition coefficient (Wildman–Crippen LogP) is 2.92. The number of halogens is 2. The molecule has 6 heteroatoms. The first-order valence-corrected chi connectivity index (χ1v) is 7.59. The highest BCUT2D eigenvalue weighted by molar-refractivity contribution is 7.09. The lowest BCUT2D eigenvalue weighted by Crippen LogP contribution is -2.27. The van der Waals surface area contributed by atoms with E-state index in [-0.39, 0.29) is 18.1 Å². The maximum absolute atomic E-state index is 13.0. The first kappa shape index (κ1) is 14.9. The van der Waals surface area contributed by atoms with Crippen LogP contribution in [0.5, 0.6) is 0 Å². The summed E-state index contributed by atoms with van der Waals surface area (Å²) in [6, 6.07) is 6.37. The van der Waals surface area contributed by atoms with E-state index in [1.807, 2.05) is 11.4 Å². The molecule has 3 nitrogen and oxygen atoms in total. The normalized spacial score (nSPS) is 10.5. The van der Waals surface area contributed by atoms with Crippen molar-refractivity contribution < 1.29 is 9.18 Å². The number of amides is 1. The van der Waals surface area contributed by atoms with Gasteiger partial charge in [-0.2, -0.15) is 0 Å². The zero-order valence-electron chi connectivity index (χ0n) is 10.7. The van der Waals surface area contributed by atoms with Crippen molar-refractivity contribution in [3.8, 4) is 0 Å². The first-order chi connectivity index (χ1) is 9.67. The summed E-state index contributed by atoms with van der Waals surface area (Å²) in [5.41, 5.74) is 1.66. The Hall–Kier alpha value is -1.46. The molecule has 0 spiro atoms. The van der Waals surface area contributed by atoms with Crippen molar-refractivity contribution in [2.75, 3.05) is 6.54 Å². The first-order valence-electron chi connectivity index (χ1n) is 6.18. The Labute approximate surface area is 125 Å². The van der Waals surface area contributed by atoms with Crippen molar-refractivity contribution in [1.82, 2.24) is 10.3 Å². The van der Waals surface area contributed by atoms with Gasteiger partial charge < -0.3 is 5.32 Å². The number of aromatic nitrogens is 1. The minimum atomic E-state index is -0.259. The fraction of sp³-hybridized carbons (Fsp3) is 0.286. The number of carbonyl (C=O) groups is 1. The van der Waals surface area contributed by atoms with Crippen LogP contribution < -0.4 is 5.32 Å². The van der Waals surface area contributed by atoms with E-state index in [4.69, 9.17) is 11.6 Å². The quantitative estimate of drug-likeness (QED) is 0.833. The van der Waals surface area contributed by atoms with E-state index < -0.39 is 0 Å². The SMILES string of the molecule is O=C(Cc1nc(CCl)cs1)NCCc1cccc(F)c1. The summed E-state index contributed by atoms with van der Waals surface area (Å²) in [6.45, 7) is 0.482. The fourth-order valence-corrected chi connectivity index (χ4v) is 2.75. The lowest BCUT2D eigenvalue weighted by atomic mass is 10.1. The number of alkyl halides is 1. The van der Waals surface area contributed by atoms with Crippen LogP contribution in [0.15, 0.2) is 29.6 Å². The van der Waals surface area contributed by atoms with Gasteiger partial charge in [0.15, 0.2) is 0 Å². The van der Waals surface area contributed by atoms with Crippen LogP contribution in [0.1, 0.15) is 16.3 Å². The Morgan fingerprint density at radius 1 is 1.45 bits per heavy atom. The highest BCUT2D eigenvalue weighted by atomic mass is 35.5. The Bertz CT molecular complexity index is 588. The Kier molecular flexibility index (Phi) is 5.49. The van der Waals surface area contributed by atoms with Gasteiger partial charge in [0.25, 0.3) is 0 Å². The van der Waals surface area contributed by atoms with E-state index in [2.05, 4.69) is 10.3 Å². The number of hydrogen-bond donors (Lipinski definition) is 1. The van der Waals surface area contributed by atoms with Crippen molar-refractivity contribution >= 4 is 28.8 Å². The number of nitrogens with one attached hydrogen (secondary N) is 1. The van der Waals surface area contributed by atoms with Gasteiger partial charge in [0.05, 0.1) is 18.0 Å². The van der Waals surface area contributed by atoms with Gasteiger partial charge in [-0.25, -0.2) is 9.37 Å². The highest BCUT2D eigenvalue weighted by Crippen LogP contribution is 2.12. The van der Waals surface area contributed by atoms with Gasteiger partial charge in [-0.1, -0.05) is 12.1 Å². The largest absolute Gasteiger partial charge is 0.355 e. The second kappa shape index (κ2) is 7.36. The monoisotopic (exact) mass is 312 g/mol. The number of rotatable bonds is 6. The third-order valence-electron chi connectivity index (χ3n) is 2.67. The number of nitrogens with zero attached hydrogens (tertiary/aromatic N) is 1. The van der Waals surface area contributed by atoms with E-state index in [1.54, 1.807) is 6.07 Å². The molecule has 1 aromatic heterocycles. The molecule has 0 radical (unpaired) electrons. The van der Waals surface area contributed by atoms with Crippen molar-refractivity contribution in [2.45, 2.75) is 18.7 Å². The summed E-state index contributed by atoms with van der Waals surface area (Å²) in [7, 11) is 0. The summed E-state index contributed by atoms with van der Waals surface area (Å²) in [5.74, 6) is 0.0135. The molecule has 2 aromatic rings. The van der Waals surface area contributed by atoms with Crippen LogP contribution in [0, 0.1) is 5.82 Å². The van der Waals surface area contributed by atoms with E-state index in [9.17, 15) is 9.18 Å². The molecule has 0 fully saturated rings. The topological polar surface area (TPSA) is 42.0 Å². The molecule has 0 bridgehead atoms. The van der Waals surface area contributed by atoms with Crippen LogP contribution in [-0.2, 0) is 23.5 Å². The summed E-state index contributed by atoms with van der Waals surface area (Å²) in [5, 5.41) is 5.40. The Balaban J connectivity index is 1.75. The van der Waals surface area contributed by atoms with Gasteiger partial charge in [-0.3, -0.25) is 4.79 Å². The highest BCUT2D eigenvalue weighted by Gasteiger charge is 2.07. The molecule has 1 N–H and O–H groups in total. The van der Waals surface area contributed by atoms with Gasteiger partial charge in [-0.15, -0.1) is 22.9 Å². The minimum Gasteiger partial charge on any atom is -0.355 e. The van der Waals surface area contributed by atoms with Crippen LogP contribution in [0.3, 0.4) is 0 Å². The number of carbonyl (C=O) groups excluding carboxylic acids is 1. The Morgan fingerprint density at radius 2 is 2.30 bits per heavy atom. The third kappa shape index (κ3) is 4.58. The molecule has 0 saturated heterocycles. The van der Waals surface area contributed by atoms with Crippen LogP contribution >= 0.6 is 22.9 Å². The van der Waals surface area contributed by atoms with Crippen molar-refractivity contribution in [1.29, 1.82) is 0 Å². The molecule has 1 aromatic carbocycles. The smallest absolute Gasteiger partial charge is 0.226 e. The van der Waals surface area contributed by atoms with Crippen molar-refractivity contribution in [2.24, 2.45) is 0 Å². The number of thiazole rings is 1. The zero-order chi connectivity index (χ0) is 14.4. The van der Waals surface area contributed by atoms with Crippen LogP contribution in [-0.4, -0.2) is 17.4 Å². The maximum atomic E-state index is 13.0. The van der Waals surface area contributed by atoms with Gasteiger partial charge in [-0.05, 0) is 24.1 Å². The summed E-state index contributed by atoms with van der Waals surface area (Å²) in [6.07, 6.45) is 0.860. The van der Waals surface area contributed by atoms with Gasteiger partial charge in [0.2, 0.25) is 5.91 Å². The summed E-state index contributed by atoms with van der Waals surface area (Å²) < 4.78 is 13.0. The molecule has 0 aliphatic carbocycles. The molecule has 0 saturated carbocycles. The van der Waals surface area contributed by atoms with E-state index in [1.165, 1.54) is 23.5 Å². The van der Waals surface area contributed by atoms with Gasteiger partial charge in [0.1, 0.15) is 10.8 Å². The molecule has 1 heterocycles. The van der Waals surface area contributed by atoms with Crippen molar-refractivity contribution in [3.05, 3.63) is 51.7 Å². The molecule has 0 aliphatic rings. The molecule has 0 atom stereocenters. The number of benzene rings is 1. The standard InChI is InChI=1S/C14H14ClFN2OS/c15-8-12-9-20-14(18-12)7-13(19)17-5-4-10-2-1-3-11(16)6-10/h1-3,6,9H,4-5,7-8H2,(H,17,19). The summed E-state index contributed by atoms with van der Waals surface area (Å²) in [4.78, 5) is 15.9. The second-order valence-electron chi connectivity index (χ2n) is 4.27. The zero-order valence-corrected chi connectivity index (χ0v) is 12.3. The Morgan fingerprint density at radius 3 is 3.00 bits per heavy atom. The molecule has 2 rings (SSSR count). The van der Waals surface area contributed by atoms with E-state index in [0.29, 0.717) is 18.8 Å². The molecule has 0 unspecified atom stereocenters. The molecule has 20 heavy (non-hydrogen) atoms. The van der Waals surface area contributed by atoms with Gasteiger partial charge in [0, 0.05) is 11.9 Å². The van der Waals surface area contributed by atoms with E-state index in [0.717, 1.165) is 16.3 Å².